The molecule has 2 N–H and O–H groups in total. The van der Waals surface area contributed by atoms with E-state index in [1.54, 1.807) is 12.1 Å². The summed E-state index contributed by atoms with van der Waals surface area (Å²) in [7, 11) is 1.53. The van der Waals surface area contributed by atoms with Crippen molar-refractivity contribution >= 4 is 40.0 Å². The van der Waals surface area contributed by atoms with Crippen LogP contribution in [0, 0.1) is 5.82 Å². The molecule has 0 atom stereocenters. The molecule has 4 aromatic rings. The number of methoxy groups -OCH3 is 1. The fraction of sp³-hybridized carbons (Fsp3) is 0.160. The number of aromatic nitrogens is 1. The quantitative estimate of drug-likeness (QED) is 0.359. The lowest BCUT2D eigenvalue weighted by Crippen LogP contribution is -2.34. The Hall–Kier alpha value is -3.78. The minimum atomic E-state index is -0.526. The van der Waals surface area contributed by atoms with Gasteiger partial charge in [0.15, 0.2) is 10.7 Å². The van der Waals surface area contributed by atoms with Gasteiger partial charge in [0.25, 0.3) is 5.91 Å². The second kappa shape index (κ2) is 9.38. The molecule has 0 saturated carbocycles. The van der Waals surface area contributed by atoms with E-state index in [-0.39, 0.29) is 10.7 Å². The van der Waals surface area contributed by atoms with Crippen LogP contribution in [0.5, 0.6) is 5.75 Å². The van der Waals surface area contributed by atoms with Crippen LogP contribution >= 0.6 is 12.2 Å². The molecule has 6 nitrogen and oxygen atoms in total. The van der Waals surface area contributed by atoms with Crippen LogP contribution in [0.2, 0.25) is 0 Å². The van der Waals surface area contributed by atoms with Crippen molar-refractivity contribution in [2.45, 2.75) is 19.8 Å². The number of carbonyl (C=O) groups is 1. The first kappa shape index (κ1) is 22.4. The van der Waals surface area contributed by atoms with Gasteiger partial charge in [0.2, 0.25) is 5.89 Å². The number of thiocarbonyl (C=S) groups is 1. The molecule has 0 fully saturated rings. The lowest BCUT2D eigenvalue weighted by molar-refractivity contribution is 0.0977. The van der Waals surface area contributed by atoms with Crippen molar-refractivity contribution in [3.63, 3.8) is 0 Å². The van der Waals surface area contributed by atoms with E-state index in [9.17, 15) is 9.18 Å². The second-order valence-electron chi connectivity index (χ2n) is 7.73. The maximum absolute atomic E-state index is 13.4. The van der Waals surface area contributed by atoms with Gasteiger partial charge < -0.3 is 14.5 Å². The standard InChI is InChI=1S/C25H22FN3O3S/c1-14(2)15-7-10-22-20(12-15)27-24(32-22)17-8-9-21(31-3)19(13-17)28-25(33)29-23(30)16-5-4-6-18(26)11-16/h4-14H,1-3H3,(H2,28,29,30,33). The number of nitrogens with one attached hydrogen (secondary N) is 2. The number of amides is 1. The second-order valence-corrected chi connectivity index (χ2v) is 8.14. The van der Waals surface area contributed by atoms with Gasteiger partial charge >= 0.3 is 0 Å². The number of nitrogens with zero attached hydrogens (tertiary/aromatic N) is 1. The van der Waals surface area contributed by atoms with E-state index in [1.165, 1.54) is 30.9 Å². The Balaban J connectivity index is 1.57. The summed E-state index contributed by atoms with van der Waals surface area (Å²) in [4.78, 5) is 17.0. The first-order chi connectivity index (χ1) is 15.8. The van der Waals surface area contributed by atoms with Gasteiger partial charge in [0.1, 0.15) is 17.1 Å². The van der Waals surface area contributed by atoms with E-state index < -0.39 is 11.7 Å². The summed E-state index contributed by atoms with van der Waals surface area (Å²) in [6.07, 6.45) is 0. The number of anilines is 1. The van der Waals surface area contributed by atoms with Gasteiger partial charge in [-0.25, -0.2) is 9.37 Å². The van der Waals surface area contributed by atoms with Gasteiger partial charge in [-0.2, -0.15) is 0 Å². The van der Waals surface area contributed by atoms with Crippen LogP contribution in [-0.2, 0) is 0 Å². The molecule has 4 rings (SSSR count). The summed E-state index contributed by atoms with van der Waals surface area (Å²) in [5.74, 6) is 0.317. The van der Waals surface area contributed by atoms with E-state index in [0.717, 1.165) is 11.6 Å². The van der Waals surface area contributed by atoms with E-state index in [0.29, 0.717) is 34.4 Å². The molecule has 0 bridgehead atoms. The number of benzene rings is 3. The summed E-state index contributed by atoms with van der Waals surface area (Å²) >= 11 is 5.27. The number of carbonyl (C=O) groups excluding carboxylic acids is 1. The fourth-order valence-electron chi connectivity index (χ4n) is 3.32. The highest BCUT2D eigenvalue weighted by atomic mass is 32.1. The third-order valence-electron chi connectivity index (χ3n) is 5.09. The predicted molar refractivity (Wildman–Crippen MR) is 130 cm³/mol. The number of rotatable bonds is 5. The fourth-order valence-corrected chi connectivity index (χ4v) is 3.53. The first-order valence-corrected chi connectivity index (χ1v) is 10.7. The monoisotopic (exact) mass is 463 g/mol. The zero-order valence-electron chi connectivity index (χ0n) is 18.3. The van der Waals surface area contributed by atoms with Crippen LogP contribution in [0.4, 0.5) is 10.1 Å². The zero-order chi connectivity index (χ0) is 23.5. The minimum Gasteiger partial charge on any atom is -0.495 e. The molecule has 168 valence electrons. The van der Waals surface area contributed by atoms with Gasteiger partial charge in [0.05, 0.1) is 12.8 Å². The van der Waals surface area contributed by atoms with Crippen molar-refractivity contribution < 1.29 is 18.3 Å². The first-order valence-electron chi connectivity index (χ1n) is 10.3. The van der Waals surface area contributed by atoms with Crippen LogP contribution in [0.15, 0.2) is 65.1 Å². The molecule has 33 heavy (non-hydrogen) atoms. The largest absolute Gasteiger partial charge is 0.495 e. The average molecular weight is 464 g/mol. The maximum atomic E-state index is 13.4. The number of fused-ring (bicyclic) bond motifs is 1. The third kappa shape index (κ3) is 5.01. The van der Waals surface area contributed by atoms with Gasteiger partial charge in [-0.3, -0.25) is 10.1 Å². The molecule has 0 aliphatic carbocycles. The normalized spacial score (nSPS) is 10.9. The molecule has 0 radical (unpaired) electrons. The molecule has 1 heterocycles. The van der Waals surface area contributed by atoms with Crippen molar-refractivity contribution in [2.24, 2.45) is 0 Å². The van der Waals surface area contributed by atoms with Gasteiger partial charge in [-0.15, -0.1) is 0 Å². The molecular formula is C25H22FN3O3S. The third-order valence-corrected chi connectivity index (χ3v) is 5.29. The Morgan fingerprint density at radius 3 is 2.67 bits per heavy atom. The minimum absolute atomic E-state index is 0.0406. The van der Waals surface area contributed by atoms with E-state index in [2.05, 4.69) is 29.5 Å². The van der Waals surface area contributed by atoms with Crippen LogP contribution in [0.25, 0.3) is 22.6 Å². The van der Waals surface area contributed by atoms with Crippen molar-refractivity contribution in [3.05, 3.63) is 77.6 Å². The van der Waals surface area contributed by atoms with Crippen LogP contribution in [0.3, 0.4) is 0 Å². The SMILES string of the molecule is COc1ccc(-c2nc3cc(C(C)C)ccc3o2)cc1NC(=S)NC(=O)c1cccc(F)c1. The van der Waals surface area contributed by atoms with Crippen molar-refractivity contribution in [3.8, 4) is 17.2 Å². The van der Waals surface area contributed by atoms with E-state index in [4.69, 9.17) is 21.4 Å². The lowest BCUT2D eigenvalue weighted by atomic mass is 10.0. The smallest absolute Gasteiger partial charge is 0.257 e. The van der Waals surface area contributed by atoms with E-state index >= 15 is 0 Å². The summed E-state index contributed by atoms with van der Waals surface area (Å²) in [6.45, 7) is 4.25. The summed E-state index contributed by atoms with van der Waals surface area (Å²) in [6, 6.07) is 16.7. The molecule has 0 aliphatic heterocycles. The zero-order valence-corrected chi connectivity index (χ0v) is 19.1. The van der Waals surface area contributed by atoms with Crippen LogP contribution < -0.4 is 15.4 Å². The lowest BCUT2D eigenvalue weighted by Gasteiger charge is -2.13. The average Bonchev–Trinajstić information content (AvgIpc) is 3.22. The molecule has 0 spiro atoms. The molecule has 3 aromatic carbocycles. The van der Waals surface area contributed by atoms with Crippen LogP contribution in [-0.4, -0.2) is 23.1 Å². The molecule has 0 saturated heterocycles. The van der Waals surface area contributed by atoms with Crippen molar-refractivity contribution in [1.82, 2.24) is 10.3 Å². The van der Waals surface area contributed by atoms with Gasteiger partial charge in [-0.1, -0.05) is 26.0 Å². The van der Waals surface area contributed by atoms with E-state index in [1.807, 2.05) is 24.3 Å². The summed E-state index contributed by atoms with van der Waals surface area (Å²) in [5.41, 5.74) is 4.03. The molecule has 0 aliphatic rings. The number of hydrogen-bond acceptors (Lipinski definition) is 5. The number of ether oxygens (including phenoxy) is 1. The Morgan fingerprint density at radius 1 is 1.12 bits per heavy atom. The Labute approximate surface area is 195 Å². The summed E-state index contributed by atoms with van der Waals surface area (Å²) < 4.78 is 24.7. The Morgan fingerprint density at radius 2 is 1.94 bits per heavy atom. The maximum Gasteiger partial charge on any atom is 0.257 e. The highest BCUT2D eigenvalue weighted by molar-refractivity contribution is 7.80. The van der Waals surface area contributed by atoms with Crippen molar-refractivity contribution in [1.29, 1.82) is 0 Å². The summed E-state index contributed by atoms with van der Waals surface area (Å²) in [5, 5.41) is 5.54. The van der Waals surface area contributed by atoms with Gasteiger partial charge in [-0.05, 0) is 72.2 Å². The molecule has 1 aromatic heterocycles. The topological polar surface area (TPSA) is 76.4 Å². The molecular weight excluding hydrogens is 441 g/mol. The number of hydrogen-bond donors (Lipinski definition) is 2. The highest BCUT2D eigenvalue weighted by Gasteiger charge is 2.15. The molecule has 8 heteroatoms. The molecule has 0 unspecified atom stereocenters. The highest BCUT2D eigenvalue weighted by Crippen LogP contribution is 2.32. The van der Waals surface area contributed by atoms with Crippen LogP contribution in [0.1, 0.15) is 35.7 Å². The Kier molecular flexibility index (Phi) is 6.37. The number of halogens is 1. The predicted octanol–water partition coefficient (Wildman–Crippen LogP) is 5.89. The molecule has 1 amide bonds. The van der Waals surface area contributed by atoms with Crippen molar-refractivity contribution in [2.75, 3.05) is 12.4 Å². The Bertz CT molecular complexity index is 1350. The number of oxazole rings is 1. The van der Waals surface area contributed by atoms with Gasteiger partial charge in [0, 0.05) is 11.1 Å².